The summed E-state index contributed by atoms with van der Waals surface area (Å²) in [5.41, 5.74) is 0.926. The molecule has 1 heterocycles. The highest BCUT2D eigenvalue weighted by Gasteiger charge is 2.29. The van der Waals surface area contributed by atoms with Gasteiger partial charge in [0.1, 0.15) is 4.90 Å². The monoisotopic (exact) mass is 324 g/mol. The lowest BCUT2D eigenvalue weighted by Crippen LogP contribution is -2.36. The molecule has 0 aliphatic carbocycles. The molecule has 0 saturated carbocycles. The zero-order valence-corrected chi connectivity index (χ0v) is 13.5. The average molecular weight is 325 g/mol. The van der Waals surface area contributed by atoms with Crippen molar-refractivity contribution in [3.8, 4) is 0 Å². The van der Waals surface area contributed by atoms with Crippen LogP contribution < -0.4 is 0 Å². The van der Waals surface area contributed by atoms with Crippen molar-refractivity contribution in [3.63, 3.8) is 0 Å². The predicted molar refractivity (Wildman–Crippen MR) is 83.6 cm³/mol. The van der Waals surface area contributed by atoms with Gasteiger partial charge in [0.2, 0.25) is 10.0 Å². The zero-order valence-electron chi connectivity index (χ0n) is 11.9. The number of sulfonamides is 1. The lowest BCUT2D eigenvalue weighted by Gasteiger charge is -2.26. The Labute approximate surface area is 130 Å². The molecule has 0 radical (unpaired) electrons. The molecule has 0 spiro atoms. The van der Waals surface area contributed by atoms with E-state index in [0.717, 1.165) is 5.56 Å². The maximum atomic E-state index is 12.8. The van der Waals surface area contributed by atoms with E-state index in [2.05, 4.69) is 4.98 Å². The van der Waals surface area contributed by atoms with Crippen molar-refractivity contribution >= 4 is 21.6 Å². The molecule has 0 amide bonds. The Balaban J connectivity index is 2.40. The Kier molecular flexibility index (Phi) is 4.98. The molecule has 4 nitrogen and oxygen atoms in total. The van der Waals surface area contributed by atoms with E-state index in [1.165, 1.54) is 22.8 Å². The standard InChI is InChI=1S/C15H17ClN2O2S/c1-12(2)18(11-13-6-4-3-5-7-13)21(19,20)15-10-17-9-8-14(15)16/h3-10,12H,11H2,1-2H3. The van der Waals surface area contributed by atoms with E-state index in [1.54, 1.807) is 0 Å². The van der Waals surface area contributed by atoms with Crippen molar-refractivity contribution in [1.29, 1.82) is 0 Å². The minimum Gasteiger partial charge on any atom is -0.263 e. The van der Waals surface area contributed by atoms with Gasteiger partial charge in [0.15, 0.2) is 0 Å². The summed E-state index contributed by atoms with van der Waals surface area (Å²) in [4.78, 5) is 3.91. The van der Waals surface area contributed by atoms with Gasteiger partial charge in [-0.25, -0.2) is 8.42 Å². The van der Waals surface area contributed by atoms with Gasteiger partial charge in [0.05, 0.1) is 5.02 Å². The van der Waals surface area contributed by atoms with Gasteiger partial charge in [0, 0.05) is 25.0 Å². The Hall–Kier alpha value is -1.43. The van der Waals surface area contributed by atoms with E-state index in [1.807, 2.05) is 44.2 Å². The van der Waals surface area contributed by atoms with Gasteiger partial charge in [-0.2, -0.15) is 4.31 Å². The Morgan fingerprint density at radius 1 is 1.19 bits per heavy atom. The molecule has 112 valence electrons. The number of aromatic nitrogens is 1. The second-order valence-electron chi connectivity index (χ2n) is 4.94. The molecule has 0 aliphatic heterocycles. The number of rotatable bonds is 5. The number of hydrogen-bond donors (Lipinski definition) is 0. The lowest BCUT2D eigenvalue weighted by molar-refractivity contribution is 0.348. The molecule has 0 N–H and O–H groups in total. The predicted octanol–water partition coefficient (Wildman–Crippen LogP) is 3.33. The Bertz CT molecular complexity index is 703. The molecule has 0 unspecified atom stereocenters. The molecule has 1 aromatic heterocycles. The third kappa shape index (κ3) is 3.61. The molecule has 2 rings (SSSR count). The van der Waals surface area contributed by atoms with Crippen molar-refractivity contribution in [1.82, 2.24) is 9.29 Å². The maximum absolute atomic E-state index is 12.8. The van der Waals surface area contributed by atoms with Gasteiger partial charge in [0.25, 0.3) is 0 Å². The summed E-state index contributed by atoms with van der Waals surface area (Å²) in [5, 5.41) is 0.184. The molecular weight excluding hydrogens is 308 g/mol. The first-order chi connectivity index (χ1) is 9.93. The third-order valence-corrected chi connectivity index (χ3v) is 5.57. The third-order valence-electron chi connectivity index (χ3n) is 3.08. The van der Waals surface area contributed by atoms with Gasteiger partial charge in [-0.15, -0.1) is 0 Å². The SMILES string of the molecule is CC(C)N(Cc1ccccc1)S(=O)(=O)c1cnccc1Cl. The molecule has 0 atom stereocenters. The topological polar surface area (TPSA) is 50.3 Å². The summed E-state index contributed by atoms with van der Waals surface area (Å²) in [6, 6.07) is 10.8. The highest BCUT2D eigenvalue weighted by atomic mass is 35.5. The number of halogens is 1. The van der Waals surface area contributed by atoms with Crippen molar-refractivity contribution in [2.45, 2.75) is 31.3 Å². The van der Waals surface area contributed by atoms with Crippen molar-refractivity contribution < 1.29 is 8.42 Å². The molecular formula is C15H17ClN2O2S. The summed E-state index contributed by atoms with van der Waals surface area (Å²) in [6.45, 7) is 3.97. The van der Waals surface area contributed by atoms with Crippen LogP contribution in [-0.4, -0.2) is 23.7 Å². The lowest BCUT2D eigenvalue weighted by atomic mass is 10.2. The minimum absolute atomic E-state index is 0.0382. The van der Waals surface area contributed by atoms with Crippen LogP contribution in [0.1, 0.15) is 19.4 Å². The van der Waals surface area contributed by atoms with E-state index >= 15 is 0 Å². The summed E-state index contributed by atoms with van der Waals surface area (Å²) < 4.78 is 27.0. The molecule has 6 heteroatoms. The summed E-state index contributed by atoms with van der Waals surface area (Å²) >= 11 is 6.01. The highest BCUT2D eigenvalue weighted by Crippen LogP contribution is 2.26. The van der Waals surface area contributed by atoms with Gasteiger partial charge >= 0.3 is 0 Å². The van der Waals surface area contributed by atoms with Crippen LogP contribution in [0.4, 0.5) is 0 Å². The maximum Gasteiger partial charge on any atom is 0.246 e. The van der Waals surface area contributed by atoms with Gasteiger partial charge in [-0.3, -0.25) is 4.98 Å². The molecule has 0 aliphatic rings. The fraction of sp³-hybridized carbons (Fsp3) is 0.267. The highest BCUT2D eigenvalue weighted by molar-refractivity contribution is 7.89. The van der Waals surface area contributed by atoms with Crippen LogP contribution in [0.3, 0.4) is 0 Å². The summed E-state index contributed by atoms with van der Waals surface area (Å²) in [6.07, 6.45) is 2.76. The zero-order chi connectivity index (χ0) is 15.5. The van der Waals surface area contributed by atoms with Crippen molar-refractivity contribution in [2.75, 3.05) is 0 Å². The van der Waals surface area contributed by atoms with Crippen LogP contribution in [0.15, 0.2) is 53.7 Å². The van der Waals surface area contributed by atoms with Crippen LogP contribution in [0.25, 0.3) is 0 Å². The van der Waals surface area contributed by atoms with Crippen molar-refractivity contribution in [2.24, 2.45) is 0 Å². The van der Waals surface area contributed by atoms with Crippen molar-refractivity contribution in [3.05, 3.63) is 59.4 Å². The van der Waals surface area contributed by atoms with E-state index in [0.29, 0.717) is 6.54 Å². The van der Waals surface area contributed by atoms with Crippen LogP contribution in [-0.2, 0) is 16.6 Å². The number of benzene rings is 1. The fourth-order valence-electron chi connectivity index (χ4n) is 1.99. The number of hydrogen-bond acceptors (Lipinski definition) is 3. The largest absolute Gasteiger partial charge is 0.263 e. The average Bonchev–Trinajstić information content (AvgIpc) is 2.45. The quantitative estimate of drug-likeness (QED) is 0.847. The molecule has 0 fully saturated rings. The van der Waals surface area contributed by atoms with E-state index in [-0.39, 0.29) is 16.0 Å². The smallest absolute Gasteiger partial charge is 0.246 e. The molecule has 2 aromatic rings. The first kappa shape index (κ1) is 15.9. The van der Waals surface area contributed by atoms with E-state index in [9.17, 15) is 8.42 Å². The number of pyridine rings is 1. The fourth-order valence-corrected chi connectivity index (χ4v) is 4.02. The Morgan fingerprint density at radius 2 is 1.86 bits per heavy atom. The first-order valence-electron chi connectivity index (χ1n) is 6.58. The molecule has 21 heavy (non-hydrogen) atoms. The van der Waals surface area contributed by atoms with Crippen LogP contribution in [0.2, 0.25) is 5.02 Å². The second kappa shape index (κ2) is 6.56. The van der Waals surface area contributed by atoms with Gasteiger partial charge < -0.3 is 0 Å². The number of nitrogens with zero attached hydrogens (tertiary/aromatic N) is 2. The van der Waals surface area contributed by atoms with Crippen LogP contribution in [0, 0.1) is 0 Å². The molecule has 0 bridgehead atoms. The minimum atomic E-state index is -3.69. The van der Waals surface area contributed by atoms with Gasteiger partial charge in [-0.1, -0.05) is 41.9 Å². The molecule has 1 aromatic carbocycles. The van der Waals surface area contributed by atoms with E-state index < -0.39 is 10.0 Å². The summed E-state index contributed by atoms with van der Waals surface area (Å²) in [5.74, 6) is 0. The van der Waals surface area contributed by atoms with Crippen LogP contribution in [0.5, 0.6) is 0 Å². The molecule has 0 saturated heterocycles. The Morgan fingerprint density at radius 3 is 2.43 bits per heavy atom. The van der Waals surface area contributed by atoms with E-state index in [4.69, 9.17) is 11.6 Å². The van der Waals surface area contributed by atoms with Crippen LogP contribution >= 0.6 is 11.6 Å². The normalized spacial score (nSPS) is 12.0. The summed E-state index contributed by atoms with van der Waals surface area (Å²) in [7, 11) is -3.69. The second-order valence-corrected chi connectivity index (χ2v) is 7.20. The first-order valence-corrected chi connectivity index (χ1v) is 8.40. The van der Waals surface area contributed by atoms with Gasteiger partial charge in [-0.05, 0) is 25.5 Å².